The van der Waals surface area contributed by atoms with Crippen molar-refractivity contribution < 1.29 is 17.9 Å². The number of nitrogens with zero attached hydrogens (tertiary/aromatic N) is 3. The number of sulfone groups is 1. The summed E-state index contributed by atoms with van der Waals surface area (Å²) in [4.78, 5) is 23.5. The van der Waals surface area contributed by atoms with Gasteiger partial charge in [-0.1, -0.05) is 0 Å². The molecule has 0 aliphatic carbocycles. The molecule has 0 saturated carbocycles. The molecule has 1 amide bonds. The lowest BCUT2D eigenvalue weighted by atomic mass is 10.1. The zero-order valence-electron chi connectivity index (χ0n) is 16.4. The van der Waals surface area contributed by atoms with Crippen molar-refractivity contribution in [3.05, 3.63) is 48.2 Å². The molecule has 1 aromatic heterocycles. The minimum atomic E-state index is -3.33. The summed E-state index contributed by atoms with van der Waals surface area (Å²) in [7, 11) is -3.33. The second kappa shape index (κ2) is 8.41. The lowest BCUT2D eigenvalue weighted by Gasteiger charge is -2.32. The van der Waals surface area contributed by atoms with E-state index in [1.54, 1.807) is 18.2 Å². The number of hydrogen-bond donors (Lipinski definition) is 2. The lowest BCUT2D eigenvalue weighted by molar-refractivity contribution is -0.111. The van der Waals surface area contributed by atoms with Crippen molar-refractivity contribution in [2.75, 3.05) is 42.3 Å². The van der Waals surface area contributed by atoms with Crippen LogP contribution in [0.5, 0.6) is 0 Å². The van der Waals surface area contributed by atoms with Crippen LogP contribution in [-0.2, 0) is 25.8 Å². The second-order valence-electron chi connectivity index (χ2n) is 7.11. The standard InChI is InChI=1S/C20H23N5O4S/c21-13-15(19-22-4-2-5-23-19)20(26)24-16-11-14-3-1-10-30(27,28)18(14)12-17(16)25-6-8-29-9-7-25/h2,4-5,11-13H,1,3,6-10,21H2,(H,24,26). The van der Waals surface area contributed by atoms with Gasteiger partial charge < -0.3 is 20.7 Å². The van der Waals surface area contributed by atoms with Crippen LogP contribution in [-0.4, -0.2) is 56.3 Å². The number of carbonyl (C=O) groups excluding carboxylic acids is 1. The van der Waals surface area contributed by atoms with Crippen LogP contribution in [0.15, 0.2) is 41.7 Å². The Hall–Kier alpha value is -2.98. The number of aromatic nitrogens is 2. The van der Waals surface area contributed by atoms with Crippen molar-refractivity contribution in [1.29, 1.82) is 0 Å². The average Bonchev–Trinajstić information content (AvgIpc) is 2.75. The van der Waals surface area contributed by atoms with Crippen LogP contribution in [0.3, 0.4) is 0 Å². The summed E-state index contributed by atoms with van der Waals surface area (Å²) in [6.07, 6.45) is 5.43. The maximum atomic E-state index is 13.0. The van der Waals surface area contributed by atoms with E-state index in [1.165, 1.54) is 18.6 Å². The molecule has 0 unspecified atom stereocenters. The summed E-state index contributed by atoms with van der Waals surface area (Å²) in [5.74, 6) is -0.109. The highest BCUT2D eigenvalue weighted by atomic mass is 32.2. The predicted molar refractivity (Wildman–Crippen MR) is 113 cm³/mol. The third-order valence-corrected chi connectivity index (χ3v) is 7.07. The Morgan fingerprint density at radius 1 is 1.20 bits per heavy atom. The molecule has 9 nitrogen and oxygen atoms in total. The Kier molecular flexibility index (Phi) is 5.69. The van der Waals surface area contributed by atoms with Crippen molar-refractivity contribution >= 4 is 32.7 Å². The number of nitrogens with two attached hydrogens (primary N) is 1. The first-order valence-electron chi connectivity index (χ1n) is 9.72. The highest BCUT2D eigenvalue weighted by Crippen LogP contribution is 2.36. The monoisotopic (exact) mass is 429 g/mol. The Bertz CT molecular complexity index is 1080. The van der Waals surface area contributed by atoms with E-state index in [-0.39, 0.29) is 17.2 Å². The lowest BCUT2D eigenvalue weighted by Crippen LogP contribution is -2.37. The first kappa shape index (κ1) is 20.3. The topological polar surface area (TPSA) is 128 Å². The van der Waals surface area contributed by atoms with Crippen LogP contribution < -0.4 is 16.0 Å². The van der Waals surface area contributed by atoms with Crippen LogP contribution in [0.2, 0.25) is 0 Å². The van der Waals surface area contributed by atoms with Gasteiger partial charge in [-0.15, -0.1) is 0 Å². The SMILES string of the molecule is NC=C(C(=O)Nc1cc2c(cc1N1CCOCC1)S(=O)(=O)CCC2)c1ncccn1. The van der Waals surface area contributed by atoms with Gasteiger partial charge in [0.15, 0.2) is 15.7 Å². The third-order valence-electron chi connectivity index (χ3n) is 5.19. The fourth-order valence-electron chi connectivity index (χ4n) is 3.71. The number of hydrogen-bond acceptors (Lipinski definition) is 8. The number of ether oxygens (including phenoxy) is 1. The summed E-state index contributed by atoms with van der Waals surface area (Å²) in [6, 6.07) is 5.08. The van der Waals surface area contributed by atoms with E-state index < -0.39 is 15.7 Å². The number of aryl methyl sites for hydroxylation is 1. The number of rotatable bonds is 4. The summed E-state index contributed by atoms with van der Waals surface area (Å²) in [6.45, 7) is 2.26. The molecule has 3 N–H and O–H groups in total. The van der Waals surface area contributed by atoms with Gasteiger partial charge in [0.25, 0.3) is 5.91 Å². The Balaban J connectivity index is 1.73. The van der Waals surface area contributed by atoms with E-state index in [0.717, 1.165) is 0 Å². The van der Waals surface area contributed by atoms with Gasteiger partial charge in [-0.05, 0) is 36.6 Å². The number of amides is 1. The molecule has 30 heavy (non-hydrogen) atoms. The van der Waals surface area contributed by atoms with Crippen molar-refractivity contribution in [2.24, 2.45) is 5.73 Å². The number of benzene rings is 1. The molecule has 2 aliphatic rings. The quantitative estimate of drug-likeness (QED) is 0.688. The molecular formula is C20H23N5O4S. The molecule has 2 aliphatic heterocycles. The van der Waals surface area contributed by atoms with E-state index >= 15 is 0 Å². The zero-order valence-corrected chi connectivity index (χ0v) is 17.2. The van der Waals surface area contributed by atoms with Gasteiger partial charge in [0.1, 0.15) is 0 Å². The van der Waals surface area contributed by atoms with E-state index in [0.29, 0.717) is 61.0 Å². The van der Waals surface area contributed by atoms with E-state index in [1.807, 2.05) is 4.90 Å². The Morgan fingerprint density at radius 2 is 1.93 bits per heavy atom. The number of fused-ring (bicyclic) bond motifs is 1. The highest BCUT2D eigenvalue weighted by Gasteiger charge is 2.28. The molecule has 0 spiro atoms. The number of carbonyl (C=O) groups is 1. The van der Waals surface area contributed by atoms with Gasteiger partial charge in [0, 0.05) is 31.7 Å². The number of morpholine rings is 1. The van der Waals surface area contributed by atoms with Crippen molar-refractivity contribution in [3.8, 4) is 0 Å². The molecular weight excluding hydrogens is 406 g/mol. The Morgan fingerprint density at radius 3 is 2.63 bits per heavy atom. The van der Waals surface area contributed by atoms with Crippen molar-refractivity contribution in [1.82, 2.24) is 9.97 Å². The molecule has 1 fully saturated rings. The molecule has 10 heteroatoms. The summed E-state index contributed by atoms with van der Waals surface area (Å²) in [5, 5.41) is 2.89. The van der Waals surface area contributed by atoms with E-state index in [4.69, 9.17) is 10.5 Å². The number of nitrogens with one attached hydrogen (secondary N) is 1. The van der Waals surface area contributed by atoms with Gasteiger partial charge in [-0.2, -0.15) is 0 Å². The van der Waals surface area contributed by atoms with Crippen LogP contribution in [0.4, 0.5) is 11.4 Å². The minimum absolute atomic E-state index is 0.133. The molecule has 1 aromatic carbocycles. The van der Waals surface area contributed by atoms with Gasteiger partial charge in [-0.25, -0.2) is 18.4 Å². The average molecular weight is 430 g/mol. The molecule has 3 heterocycles. The molecule has 0 bridgehead atoms. The van der Waals surface area contributed by atoms with Gasteiger partial charge in [0.2, 0.25) is 0 Å². The summed E-state index contributed by atoms with van der Waals surface area (Å²) >= 11 is 0. The first-order valence-corrected chi connectivity index (χ1v) is 11.4. The molecule has 0 radical (unpaired) electrons. The maximum Gasteiger partial charge on any atom is 0.261 e. The molecule has 2 aromatic rings. The molecule has 0 atom stereocenters. The third kappa shape index (κ3) is 4.01. The molecule has 158 valence electrons. The van der Waals surface area contributed by atoms with E-state index in [2.05, 4.69) is 15.3 Å². The Labute approximate surface area is 174 Å². The van der Waals surface area contributed by atoms with E-state index in [9.17, 15) is 13.2 Å². The van der Waals surface area contributed by atoms with Crippen molar-refractivity contribution in [2.45, 2.75) is 17.7 Å². The van der Waals surface area contributed by atoms with Gasteiger partial charge in [-0.3, -0.25) is 4.79 Å². The van der Waals surface area contributed by atoms with Crippen LogP contribution >= 0.6 is 0 Å². The van der Waals surface area contributed by atoms with Crippen LogP contribution in [0, 0.1) is 0 Å². The minimum Gasteiger partial charge on any atom is -0.404 e. The molecule has 1 saturated heterocycles. The van der Waals surface area contributed by atoms with Gasteiger partial charge in [0.05, 0.1) is 40.8 Å². The highest BCUT2D eigenvalue weighted by molar-refractivity contribution is 7.91. The fourth-order valence-corrected chi connectivity index (χ4v) is 5.30. The first-order chi connectivity index (χ1) is 14.5. The normalized spacial score (nSPS) is 18.5. The zero-order chi connectivity index (χ0) is 21.1. The van der Waals surface area contributed by atoms with Crippen LogP contribution in [0.1, 0.15) is 17.8 Å². The largest absolute Gasteiger partial charge is 0.404 e. The smallest absolute Gasteiger partial charge is 0.261 e. The summed E-state index contributed by atoms with van der Waals surface area (Å²) < 4.78 is 30.6. The van der Waals surface area contributed by atoms with Gasteiger partial charge >= 0.3 is 0 Å². The predicted octanol–water partition coefficient (Wildman–Crippen LogP) is 0.971. The maximum absolute atomic E-state index is 13.0. The summed E-state index contributed by atoms with van der Waals surface area (Å²) in [5.41, 5.74) is 7.71. The second-order valence-corrected chi connectivity index (χ2v) is 9.18. The van der Waals surface area contributed by atoms with Crippen molar-refractivity contribution in [3.63, 3.8) is 0 Å². The van der Waals surface area contributed by atoms with Crippen LogP contribution in [0.25, 0.3) is 5.57 Å². The fraction of sp³-hybridized carbons (Fsp3) is 0.350. The molecule has 4 rings (SSSR count). The number of anilines is 2.